The van der Waals surface area contributed by atoms with Crippen LogP contribution in [0, 0.1) is 11.8 Å². The highest BCUT2D eigenvalue weighted by Crippen LogP contribution is 2.19. The first-order valence-corrected chi connectivity index (χ1v) is 4.30. The standard InChI is InChI=1S/C9H14O3/c1-6(2)3-4-7-8(10)5-12-9(7)11/h6-7H,3-5H2,1-2H3. The third kappa shape index (κ3) is 2.06. The SMILES string of the molecule is CC(C)CCC1C(=O)COC1=O. The molecule has 0 N–H and O–H groups in total. The van der Waals surface area contributed by atoms with Gasteiger partial charge in [-0.1, -0.05) is 13.8 Å². The van der Waals surface area contributed by atoms with Gasteiger partial charge in [-0.2, -0.15) is 0 Å². The third-order valence-corrected chi connectivity index (χ3v) is 2.06. The number of cyclic esters (lactones) is 1. The molecular weight excluding hydrogens is 156 g/mol. The van der Waals surface area contributed by atoms with Crippen molar-refractivity contribution in [3.8, 4) is 0 Å². The van der Waals surface area contributed by atoms with Gasteiger partial charge >= 0.3 is 5.97 Å². The van der Waals surface area contributed by atoms with Crippen LogP contribution in [-0.4, -0.2) is 18.4 Å². The third-order valence-electron chi connectivity index (χ3n) is 2.06. The Balaban J connectivity index is 2.40. The van der Waals surface area contributed by atoms with E-state index in [9.17, 15) is 9.59 Å². The Bertz CT molecular complexity index is 180. The van der Waals surface area contributed by atoms with Crippen LogP contribution in [0.15, 0.2) is 0 Å². The summed E-state index contributed by atoms with van der Waals surface area (Å²) in [7, 11) is 0. The Hall–Kier alpha value is -0.860. The largest absolute Gasteiger partial charge is 0.457 e. The van der Waals surface area contributed by atoms with Crippen molar-refractivity contribution in [1.82, 2.24) is 0 Å². The van der Waals surface area contributed by atoms with E-state index < -0.39 is 5.92 Å². The minimum absolute atomic E-state index is 0.0123. The second-order valence-corrected chi connectivity index (χ2v) is 3.60. The number of carbonyl (C=O) groups excluding carboxylic acids is 2. The molecular formula is C9H14O3. The van der Waals surface area contributed by atoms with E-state index in [4.69, 9.17) is 0 Å². The van der Waals surface area contributed by atoms with Crippen molar-refractivity contribution in [2.45, 2.75) is 26.7 Å². The van der Waals surface area contributed by atoms with Crippen LogP contribution in [0.2, 0.25) is 0 Å². The monoisotopic (exact) mass is 170 g/mol. The lowest BCUT2D eigenvalue weighted by atomic mass is 9.96. The van der Waals surface area contributed by atoms with E-state index in [1.807, 2.05) is 0 Å². The van der Waals surface area contributed by atoms with E-state index >= 15 is 0 Å². The molecule has 0 aliphatic carbocycles. The summed E-state index contributed by atoms with van der Waals surface area (Å²) < 4.78 is 4.62. The number of carbonyl (C=O) groups is 2. The molecule has 1 aliphatic heterocycles. The highest BCUT2D eigenvalue weighted by molar-refractivity contribution is 6.04. The fourth-order valence-electron chi connectivity index (χ4n) is 1.25. The number of esters is 1. The summed E-state index contributed by atoms with van der Waals surface area (Å²) in [6.07, 6.45) is 1.56. The van der Waals surface area contributed by atoms with Crippen LogP contribution in [0.25, 0.3) is 0 Å². The van der Waals surface area contributed by atoms with E-state index in [2.05, 4.69) is 18.6 Å². The molecule has 0 spiro atoms. The maximum Gasteiger partial charge on any atom is 0.317 e. The number of ether oxygens (including phenoxy) is 1. The van der Waals surface area contributed by atoms with Crippen LogP contribution in [0.5, 0.6) is 0 Å². The topological polar surface area (TPSA) is 43.4 Å². The molecule has 1 saturated heterocycles. The van der Waals surface area contributed by atoms with Crippen molar-refractivity contribution < 1.29 is 14.3 Å². The average molecular weight is 170 g/mol. The van der Waals surface area contributed by atoms with Crippen LogP contribution in [-0.2, 0) is 14.3 Å². The van der Waals surface area contributed by atoms with E-state index in [-0.39, 0.29) is 18.4 Å². The van der Waals surface area contributed by atoms with Crippen molar-refractivity contribution in [3.05, 3.63) is 0 Å². The molecule has 0 aromatic carbocycles. The van der Waals surface area contributed by atoms with Gasteiger partial charge in [-0.05, 0) is 18.8 Å². The van der Waals surface area contributed by atoms with Crippen molar-refractivity contribution >= 4 is 11.8 Å². The first kappa shape index (κ1) is 9.23. The Morgan fingerprint density at radius 2 is 2.17 bits per heavy atom. The van der Waals surface area contributed by atoms with Gasteiger partial charge in [-0.3, -0.25) is 9.59 Å². The Labute approximate surface area is 72.1 Å². The molecule has 3 heteroatoms. The zero-order valence-electron chi connectivity index (χ0n) is 7.50. The summed E-state index contributed by atoms with van der Waals surface area (Å²) in [5.74, 6) is -0.320. The molecule has 0 aromatic heterocycles. The second kappa shape index (κ2) is 3.70. The fraction of sp³-hybridized carbons (Fsp3) is 0.778. The maximum atomic E-state index is 11.1. The highest BCUT2D eigenvalue weighted by atomic mass is 16.5. The average Bonchev–Trinajstić information content (AvgIpc) is 2.28. The summed E-state index contributed by atoms with van der Waals surface area (Å²) in [6.45, 7) is 4.14. The van der Waals surface area contributed by atoms with E-state index in [0.29, 0.717) is 12.3 Å². The zero-order chi connectivity index (χ0) is 9.14. The summed E-state index contributed by atoms with van der Waals surface area (Å²) in [6, 6.07) is 0. The molecule has 0 aromatic rings. The molecule has 0 bridgehead atoms. The van der Waals surface area contributed by atoms with E-state index in [0.717, 1.165) is 6.42 Å². The first-order chi connectivity index (χ1) is 5.61. The second-order valence-electron chi connectivity index (χ2n) is 3.60. The Morgan fingerprint density at radius 3 is 2.58 bits per heavy atom. The van der Waals surface area contributed by atoms with Gasteiger partial charge < -0.3 is 4.74 Å². The molecule has 1 atom stereocenters. The van der Waals surface area contributed by atoms with Crippen LogP contribution in [0.1, 0.15) is 26.7 Å². The fourth-order valence-corrected chi connectivity index (χ4v) is 1.25. The summed E-state index contributed by atoms with van der Waals surface area (Å²) in [5, 5.41) is 0. The molecule has 68 valence electrons. The number of ketones is 1. The van der Waals surface area contributed by atoms with Crippen LogP contribution in [0.4, 0.5) is 0 Å². The zero-order valence-corrected chi connectivity index (χ0v) is 7.50. The number of hydrogen-bond donors (Lipinski definition) is 0. The quantitative estimate of drug-likeness (QED) is 0.471. The number of rotatable bonds is 3. The predicted octanol–water partition coefficient (Wildman–Crippen LogP) is 1.16. The first-order valence-electron chi connectivity index (χ1n) is 4.30. The van der Waals surface area contributed by atoms with Crippen LogP contribution < -0.4 is 0 Å². The van der Waals surface area contributed by atoms with Crippen LogP contribution in [0.3, 0.4) is 0 Å². The summed E-state index contributed by atoms with van der Waals surface area (Å²) in [4.78, 5) is 22.0. The van der Waals surface area contributed by atoms with E-state index in [1.54, 1.807) is 0 Å². The lowest BCUT2D eigenvalue weighted by molar-refractivity contribution is -0.141. The van der Waals surface area contributed by atoms with Gasteiger partial charge in [-0.25, -0.2) is 0 Å². The summed E-state index contributed by atoms with van der Waals surface area (Å²) >= 11 is 0. The normalized spacial score (nSPS) is 23.4. The minimum Gasteiger partial charge on any atom is -0.457 e. The molecule has 12 heavy (non-hydrogen) atoms. The molecule has 1 heterocycles. The van der Waals surface area contributed by atoms with Gasteiger partial charge in [0.1, 0.15) is 5.92 Å². The van der Waals surface area contributed by atoms with Crippen molar-refractivity contribution in [1.29, 1.82) is 0 Å². The Kier molecular flexibility index (Phi) is 2.84. The molecule has 1 rings (SSSR count). The molecule has 0 saturated carbocycles. The Morgan fingerprint density at radius 1 is 1.50 bits per heavy atom. The number of Topliss-reactive ketones (excluding diaryl/α,β-unsaturated/α-hetero) is 1. The lowest BCUT2D eigenvalue weighted by Crippen LogP contribution is -2.15. The smallest absolute Gasteiger partial charge is 0.317 e. The highest BCUT2D eigenvalue weighted by Gasteiger charge is 2.34. The van der Waals surface area contributed by atoms with Gasteiger partial charge in [0.2, 0.25) is 0 Å². The van der Waals surface area contributed by atoms with Gasteiger partial charge in [0.25, 0.3) is 0 Å². The summed E-state index contributed by atoms with van der Waals surface area (Å²) in [5.41, 5.74) is 0. The molecule has 0 amide bonds. The minimum atomic E-state index is -0.465. The molecule has 3 nitrogen and oxygen atoms in total. The van der Waals surface area contributed by atoms with Crippen molar-refractivity contribution in [2.24, 2.45) is 11.8 Å². The van der Waals surface area contributed by atoms with Crippen molar-refractivity contribution in [2.75, 3.05) is 6.61 Å². The maximum absolute atomic E-state index is 11.1. The van der Waals surface area contributed by atoms with Crippen molar-refractivity contribution in [3.63, 3.8) is 0 Å². The van der Waals surface area contributed by atoms with Gasteiger partial charge in [0, 0.05) is 0 Å². The molecule has 1 aliphatic rings. The van der Waals surface area contributed by atoms with Gasteiger partial charge in [0.05, 0.1) is 0 Å². The molecule has 0 radical (unpaired) electrons. The molecule has 1 unspecified atom stereocenters. The van der Waals surface area contributed by atoms with E-state index in [1.165, 1.54) is 0 Å². The predicted molar refractivity (Wildman–Crippen MR) is 43.5 cm³/mol. The van der Waals surface area contributed by atoms with Gasteiger partial charge in [-0.15, -0.1) is 0 Å². The lowest BCUT2D eigenvalue weighted by Gasteiger charge is -2.05. The van der Waals surface area contributed by atoms with Gasteiger partial charge in [0.15, 0.2) is 12.4 Å². The number of hydrogen-bond acceptors (Lipinski definition) is 3. The molecule has 1 fully saturated rings. The van der Waals surface area contributed by atoms with Crippen LogP contribution >= 0.6 is 0 Å².